The Morgan fingerprint density at radius 3 is 2.62 bits per heavy atom. The van der Waals surface area contributed by atoms with Crippen molar-refractivity contribution in [2.75, 3.05) is 5.32 Å². The predicted octanol–water partition coefficient (Wildman–Crippen LogP) is 4.09. The number of amides is 1. The quantitative estimate of drug-likeness (QED) is 0.704. The van der Waals surface area contributed by atoms with Crippen molar-refractivity contribution in [3.05, 3.63) is 62.5 Å². The van der Waals surface area contributed by atoms with E-state index in [0.717, 1.165) is 9.04 Å². The summed E-state index contributed by atoms with van der Waals surface area (Å²) in [4.78, 5) is 24.1. The highest BCUT2D eigenvalue weighted by molar-refractivity contribution is 9.10. The third-order valence-corrected chi connectivity index (χ3v) is 3.59. The van der Waals surface area contributed by atoms with Crippen LogP contribution in [0.5, 0.6) is 0 Å². The van der Waals surface area contributed by atoms with Crippen LogP contribution in [0.3, 0.4) is 0 Å². The van der Waals surface area contributed by atoms with Gasteiger partial charge in [-0.25, -0.2) is 9.59 Å². The van der Waals surface area contributed by atoms with Crippen LogP contribution in [0.25, 0.3) is 11.1 Å². The van der Waals surface area contributed by atoms with Gasteiger partial charge < -0.3 is 9.73 Å². The van der Waals surface area contributed by atoms with Crippen LogP contribution in [0.2, 0.25) is 5.02 Å². The van der Waals surface area contributed by atoms with Gasteiger partial charge in [-0.05, 0) is 42.5 Å². The maximum atomic E-state index is 12.2. The fourth-order valence-corrected chi connectivity index (χ4v) is 2.36. The van der Waals surface area contributed by atoms with E-state index in [1.165, 1.54) is 0 Å². The van der Waals surface area contributed by atoms with Crippen LogP contribution in [-0.4, -0.2) is 10.6 Å². The van der Waals surface area contributed by atoms with Crippen molar-refractivity contribution in [3.8, 4) is 0 Å². The largest absolute Gasteiger partial charge is 0.428 e. The second-order valence-electron chi connectivity index (χ2n) is 4.25. The van der Waals surface area contributed by atoms with Gasteiger partial charge in [0.2, 0.25) is 0 Å². The minimum atomic E-state index is -0.741. The van der Waals surface area contributed by atoms with E-state index < -0.39 is 11.8 Å². The van der Waals surface area contributed by atoms with Crippen LogP contribution in [0, 0.1) is 0 Å². The van der Waals surface area contributed by atoms with Crippen LogP contribution < -0.4 is 11.1 Å². The number of nitrogens with one attached hydrogen (secondary N) is 1. The zero-order valence-corrected chi connectivity index (χ0v) is 12.8. The van der Waals surface area contributed by atoms with Gasteiger partial charge in [0.1, 0.15) is 0 Å². The lowest BCUT2D eigenvalue weighted by atomic mass is 10.3. The van der Waals surface area contributed by atoms with E-state index >= 15 is 0 Å². The van der Waals surface area contributed by atoms with Crippen LogP contribution >= 0.6 is 27.5 Å². The summed E-state index contributed by atoms with van der Waals surface area (Å²) in [7, 11) is 0. The first-order chi connectivity index (χ1) is 10.0. The number of rotatable bonds is 1. The van der Waals surface area contributed by atoms with Crippen LogP contribution in [0.4, 0.5) is 10.5 Å². The smallest absolute Gasteiger partial charge is 0.407 e. The number of fused-ring (bicyclic) bond motifs is 1. The summed E-state index contributed by atoms with van der Waals surface area (Å²) in [6.07, 6.45) is 0. The van der Waals surface area contributed by atoms with E-state index in [0.29, 0.717) is 21.8 Å². The van der Waals surface area contributed by atoms with Crippen molar-refractivity contribution < 1.29 is 9.21 Å². The summed E-state index contributed by atoms with van der Waals surface area (Å²) in [5.74, 6) is -0.741. The first-order valence-electron chi connectivity index (χ1n) is 5.92. The van der Waals surface area contributed by atoms with Gasteiger partial charge in [-0.15, -0.1) is 0 Å². The molecule has 0 aliphatic rings. The van der Waals surface area contributed by atoms with E-state index in [2.05, 4.69) is 21.2 Å². The molecule has 0 aliphatic heterocycles. The van der Waals surface area contributed by atoms with Gasteiger partial charge in [0.25, 0.3) is 0 Å². The van der Waals surface area contributed by atoms with Gasteiger partial charge in [0, 0.05) is 15.2 Å². The SMILES string of the molecule is O=C(Nc1ccc(Cl)cc1)n1c(=O)oc2cc(Br)ccc21. The Balaban J connectivity index is 2.00. The lowest BCUT2D eigenvalue weighted by Crippen LogP contribution is -2.27. The molecule has 1 amide bonds. The summed E-state index contributed by atoms with van der Waals surface area (Å²) < 4.78 is 6.75. The van der Waals surface area contributed by atoms with Crippen molar-refractivity contribution in [1.29, 1.82) is 0 Å². The Labute approximate surface area is 132 Å². The number of hydrogen-bond acceptors (Lipinski definition) is 3. The third kappa shape index (κ3) is 2.72. The van der Waals surface area contributed by atoms with Crippen molar-refractivity contribution in [1.82, 2.24) is 4.57 Å². The van der Waals surface area contributed by atoms with Gasteiger partial charge in [0.05, 0.1) is 5.52 Å². The van der Waals surface area contributed by atoms with Gasteiger partial charge in [-0.2, -0.15) is 4.57 Å². The number of carbonyl (C=O) groups is 1. The van der Waals surface area contributed by atoms with Crippen LogP contribution in [0.1, 0.15) is 0 Å². The molecule has 0 unspecified atom stereocenters. The highest BCUT2D eigenvalue weighted by Crippen LogP contribution is 2.19. The lowest BCUT2D eigenvalue weighted by molar-refractivity contribution is 0.252. The van der Waals surface area contributed by atoms with Gasteiger partial charge in [0.15, 0.2) is 5.58 Å². The number of nitrogens with zero attached hydrogens (tertiary/aromatic N) is 1. The molecule has 3 aromatic rings. The number of aromatic nitrogens is 1. The fraction of sp³-hybridized carbons (Fsp3) is 0. The Hall–Kier alpha value is -2.05. The minimum Gasteiger partial charge on any atom is -0.407 e. The number of halogens is 2. The second kappa shape index (κ2) is 5.38. The van der Waals surface area contributed by atoms with Crippen molar-refractivity contribution in [3.63, 3.8) is 0 Å². The number of hydrogen-bond donors (Lipinski definition) is 1. The molecule has 2 aromatic carbocycles. The molecule has 0 spiro atoms. The normalized spacial score (nSPS) is 10.8. The van der Waals surface area contributed by atoms with Gasteiger partial charge in [-0.1, -0.05) is 27.5 Å². The third-order valence-electron chi connectivity index (χ3n) is 2.84. The monoisotopic (exact) mass is 366 g/mol. The summed E-state index contributed by atoms with van der Waals surface area (Å²) >= 11 is 9.06. The zero-order chi connectivity index (χ0) is 15.0. The summed E-state index contributed by atoms with van der Waals surface area (Å²) in [6, 6.07) is 11.0. The molecule has 0 saturated heterocycles. The van der Waals surface area contributed by atoms with Crippen molar-refractivity contribution in [2.24, 2.45) is 0 Å². The molecule has 1 aromatic heterocycles. The first-order valence-corrected chi connectivity index (χ1v) is 7.10. The number of oxazole rings is 1. The molecule has 5 nitrogen and oxygen atoms in total. The number of carbonyl (C=O) groups excluding carboxylic acids is 1. The summed E-state index contributed by atoms with van der Waals surface area (Å²) in [5, 5.41) is 3.17. The van der Waals surface area contributed by atoms with E-state index in [1.54, 1.807) is 42.5 Å². The fourth-order valence-electron chi connectivity index (χ4n) is 1.90. The predicted molar refractivity (Wildman–Crippen MR) is 84.0 cm³/mol. The number of anilines is 1. The van der Waals surface area contributed by atoms with E-state index in [4.69, 9.17) is 16.0 Å². The van der Waals surface area contributed by atoms with Crippen LogP contribution in [-0.2, 0) is 0 Å². The lowest BCUT2D eigenvalue weighted by Gasteiger charge is -2.05. The molecule has 7 heteroatoms. The molecule has 21 heavy (non-hydrogen) atoms. The Bertz CT molecular complexity index is 883. The molecule has 3 rings (SSSR count). The first kappa shape index (κ1) is 13.9. The Kier molecular flexibility index (Phi) is 3.57. The minimum absolute atomic E-state index is 0.334. The molecule has 106 valence electrons. The average Bonchev–Trinajstić information content (AvgIpc) is 2.76. The second-order valence-corrected chi connectivity index (χ2v) is 5.60. The maximum Gasteiger partial charge on any atom is 0.428 e. The molecule has 0 fully saturated rings. The van der Waals surface area contributed by atoms with E-state index in [1.807, 2.05) is 0 Å². The van der Waals surface area contributed by atoms with Crippen molar-refractivity contribution >= 4 is 50.3 Å². The van der Waals surface area contributed by atoms with Crippen molar-refractivity contribution in [2.45, 2.75) is 0 Å². The molecule has 1 N–H and O–H groups in total. The molecule has 0 aliphatic carbocycles. The highest BCUT2D eigenvalue weighted by atomic mass is 79.9. The molecule has 1 heterocycles. The standard InChI is InChI=1S/C14H8BrClN2O3/c15-8-1-6-11-12(7-8)21-14(20)18(11)13(19)17-10-4-2-9(16)3-5-10/h1-7H,(H,17,19). The van der Waals surface area contributed by atoms with E-state index in [-0.39, 0.29) is 0 Å². The van der Waals surface area contributed by atoms with Gasteiger partial charge in [-0.3, -0.25) is 0 Å². The highest BCUT2D eigenvalue weighted by Gasteiger charge is 2.16. The van der Waals surface area contributed by atoms with Crippen LogP contribution in [0.15, 0.2) is 56.1 Å². The molecule has 0 radical (unpaired) electrons. The summed E-state index contributed by atoms with van der Waals surface area (Å²) in [5.41, 5.74) is 1.26. The maximum absolute atomic E-state index is 12.2. The molecular weight excluding hydrogens is 360 g/mol. The molecule has 0 atom stereocenters. The zero-order valence-electron chi connectivity index (χ0n) is 10.5. The van der Waals surface area contributed by atoms with E-state index in [9.17, 15) is 9.59 Å². The van der Waals surface area contributed by atoms with Gasteiger partial charge >= 0.3 is 11.8 Å². The summed E-state index contributed by atoms with van der Waals surface area (Å²) in [6.45, 7) is 0. The average molecular weight is 368 g/mol. The topological polar surface area (TPSA) is 64.2 Å². The number of benzene rings is 2. The molecular formula is C14H8BrClN2O3. The molecule has 0 bridgehead atoms. The molecule has 0 saturated carbocycles. The Morgan fingerprint density at radius 1 is 1.19 bits per heavy atom. The Morgan fingerprint density at radius 2 is 1.90 bits per heavy atom.